The van der Waals surface area contributed by atoms with Crippen molar-refractivity contribution in [3.8, 4) is 5.75 Å². The van der Waals surface area contributed by atoms with Gasteiger partial charge in [0.05, 0.1) is 17.0 Å². The third-order valence-electron chi connectivity index (χ3n) is 4.16. The summed E-state index contributed by atoms with van der Waals surface area (Å²) in [6, 6.07) is 3.90. The Balaban J connectivity index is 2.58. The lowest BCUT2D eigenvalue weighted by atomic mass is 9.72. The molecule has 20 heavy (non-hydrogen) atoms. The molecule has 4 nitrogen and oxygen atoms in total. The molecule has 0 saturated carbocycles. The zero-order chi connectivity index (χ0) is 14.9. The van der Waals surface area contributed by atoms with Crippen LogP contribution in [-0.2, 0) is 10.2 Å². The van der Waals surface area contributed by atoms with Crippen molar-refractivity contribution in [2.24, 2.45) is 0 Å². The van der Waals surface area contributed by atoms with E-state index in [9.17, 15) is 9.90 Å². The Morgan fingerprint density at radius 1 is 1.40 bits per heavy atom. The van der Waals surface area contributed by atoms with Crippen LogP contribution in [0.1, 0.15) is 24.0 Å². The zero-order valence-electron chi connectivity index (χ0n) is 12.1. The third kappa shape index (κ3) is 2.56. The van der Waals surface area contributed by atoms with E-state index in [-0.39, 0.29) is 0 Å². The van der Waals surface area contributed by atoms with Gasteiger partial charge >= 0.3 is 5.97 Å². The van der Waals surface area contributed by atoms with Crippen molar-refractivity contribution in [3.63, 3.8) is 0 Å². The second-order valence-electron chi connectivity index (χ2n) is 5.52. The first-order valence-electron chi connectivity index (χ1n) is 6.67. The molecule has 1 aromatic rings. The van der Waals surface area contributed by atoms with Gasteiger partial charge in [-0.05, 0) is 67.5 Å². The number of halogens is 1. The molecule has 1 fully saturated rings. The Morgan fingerprint density at radius 2 is 2.00 bits per heavy atom. The van der Waals surface area contributed by atoms with Gasteiger partial charge in [0.25, 0.3) is 0 Å². The molecule has 110 valence electrons. The molecule has 0 unspecified atom stereocenters. The predicted octanol–water partition coefficient (Wildman–Crippen LogP) is 2.81. The largest absolute Gasteiger partial charge is 0.495 e. The average Bonchev–Trinajstić information content (AvgIpc) is 2.38. The summed E-state index contributed by atoms with van der Waals surface area (Å²) in [4.78, 5) is 14.1. The molecule has 5 heteroatoms. The molecule has 1 aliphatic heterocycles. The summed E-state index contributed by atoms with van der Waals surface area (Å²) in [6.07, 6.45) is 1.20. The molecule has 1 aromatic carbocycles. The number of ether oxygens (including phenoxy) is 1. The van der Waals surface area contributed by atoms with E-state index in [0.29, 0.717) is 18.6 Å². The summed E-state index contributed by atoms with van der Waals surface area (Å²) >= 11 is 3.48. The van der Waals surface area contributed by atoms with E-state index in [0.717, 1.165) is 28.7 Å². The number of likely N-dealkylation sites (tertiary alicyclic amines) is 1. The SMILES string of the molecule is COc1c(Br)cc(C)cc1C1(C(=O)O)CCN(C)CC1. The number of rotatable bonds is 3. The Labute approximate surface area is 127 Å². The summed E-state index contributed by atoms with van der Waals surface area (Å²) in [5, 5.41) is 9.84. The van der Waals surface area contributed by atoms with Crippen molar-refractivity contribution < 1.29 is 14.6 Å². The van der Waals surface area contributed by atoms with Crippen molar-refractivity contribution in [3.05, 3.63) is 27.7 Å². The number of hydrogen-bond acceptors (Lipinski definition) is 3. The number of methoxy groups -OCH3 is 1. The predicted molar refractivity (Wildman–Crippen MR) is 81.5 cm³/mol. The minimum absolute atomic E-state index is 0.602. The molecular formula is C15H20BrNO3. The summed E-state index contributed by atoms with van der Waals surface area (Å²) in [6.45, 7) is 3.53. The maximum absolute atomic E-state index is 12.0. The van der Waals surface area contributed by atoms with E-state index < -0.39 is 11.4 Å². The molecule has 0 amide bonds. The highest BCUT2D eigenvalue weighted by Crippen LogP contribution is 2.44. The van der Waals surface area contributed by atoms with Crippen LogP contribution in [0, 0.1) is 6.92 Å². The maximum Gasteiger partial charge on any atom is 0.314 e. The minimum Gasteiger partial charge on any atom is -0.495 e. The van der Waals surface area contributed by atoms with Gasteiger partial charge in [-0.3, -0.25) is 4.79 Å². The molecule has 1 aliphatic rings. The zero-order valence-corrected chi connectivity index (χ0v) is 13.7. The van der Waals surface area contributed by atoms with Crippen LogP contribution in [0.25, 0.3) is 0 Å². The highest BCUT2D eigenvalue weighted by molar-refractivity contribution is 9.10. The average molecular weight is 342 g/mol. The number of carboxylic acids is 1. The van der Waals surface area contributed by atoms with Crippen LogP contribution in [0.3, 0.4) is 0 Å². The molecule has 1 N–H and O–H groups in total. The van der Waals surface area contributed by atoms with Crippen LogP contribution in [0.4, 0.5) is 0 Å². The van der Waals surface area contributed by atoms with E-state index >= 15 is 0 Å². The minimum atomic E-state index is -0.855. The van der Waals surface area contributed by atoms with E-state index in [1.54, 1.807) is 7.11 Å². The fourth-order valence-corrected chi connectivity index (χ4v) is 3.63. The Hall–Kier alpha value is -1.07. The molecule has 0 aliphatic carbocycles. The lowest BCUT2D eigenvalue weighted by molar-refractivity contribution is -0.145. The molecule has 0 radical (unpaired) electrons. The van der Waals surface area contributed by atoms with Gasteiger partial charge in [0, 0.05) is 5.56 Å². The van der Waals surface area contributed by atoms with Gasteiger partial charge < -0.3 is 14.7 Å². The van der Waals surface area contributed by atoms with Gasteiger partial charge in [0.1, 0.15) is 5.75 Å². The van der Waals surface area contributed by atoms with E-state index in [1.165, 1.54) is 0 Å². The molecular weight excluding hydrogens is 322 g/mol. The number of nitrogens with zero attached hydrogens (tertiary/aromatic N) is 1. The molecule has 0 bridgehead atoms. The van der Waals surface area contributed by atoms with Crippen molar-refractivity contribution in [2.45, 2.75) is 25.2 Å². The van der Waals surface area contributed by atoms with Gasteiger partial charge in [-0.15, -0.1) is 0 Å². The smallest absolute Gasteiger partial charge is 0.314 e. The molecule has 0 aromatic heterocycles. The molecule has 0 atom stereocenters. The first-order valence-corrected chi connectivity index (χ1v) is 7.46. The number of aliphatic carboxylic acids is 1. The fraction of sp³-hybridized carbons (Fsp3) is 0.533. The van der Waals surface area contributed by atoms with Gasteiger partial charge in [0.15, 0.2) is 0 Å². The van der Waals surface area contributed by atoms with E-state index in [1.807, 2.05) is 26.1 Å². The van der Waals surface area contributed by atoms with E-state index in [2.05, 4.69) is 20.8 Å². The fourth-order valence-electron chi connectivity index (χ4n) is 2.89. The first kappa shape index (κ1) is 15.3. The van der Waals surface area contributed by atoms with Crippen LogP contribution < -0.4 is 4.74 Å². The van der Waals surface area contributed by atoms with E-state index in [4.69, 9.17) is 4.74 Å². The van der Waals surface area contributed by atoms with Crippen LogP contribution in [-0.4, -0.2) is 43.2 Å². The second kappa shape index (κ2) is 5.74. The summed E-state index contributed by atoms with van der Waals surface area (Å²) < 4.78 is 6.28. The third-order valence-corrected chi connectivity index (χ3v) is 4.75. The van der Waals surface area contributed by atoms with Gasteiger partial charge in [-0.2, -0.15) is 0 Å². The van der Waals surface area contributed by atoms with Gasteiger partial charge in [-0.1, -0.05) is 6.07 Å². The van der Waals surface area contributed by atoms with Gasteiger partial charge in [-0.25, -0.2) is 0 Å². The second-order valence-corrected chi connectivity index (χ2v) is 6.37. The normalized spacial score (nSPS) is 18.8. The van der Waals surface area contributed by atoms with Crippen LogP contribution in [0.2, 0.25) is 0 Å². The number of aryl methyl sites for hydroxylation is 1. The summed E-state index contributed by atoms with van der Waals surface area (Å²) in [7, 11) is 3.61. The lowest BCUT2D eigenvalue weighted by Crippen LogP contribution is -2.46. The Morgan fingerprint density at radius 3 is 2.50 bits per heavy atom. The molecule has 1 heterocycles. The van der Waals surface area contributed by atoms with Crippen LogP contribution in [0.15, 0.2) is 16.6 Å². The van der Waals surface area contributed by atoms with Crippen molar-refractivity contribution in [2.75, 3.05) is 27.2 Å². The summed E-state index contributed by atoms with van der Waals surface area (Å²) in [5.74, 6) is -0.121. The molecule has 2 rings (SSSR count). The standard InChI is InChI=1S/C15H20BrNO3/c1-10-8-11(13(20-3)12(16)9-10)15(14(18)19)4-6-17(2)7-5-15/h8-9H,4-7H2,1-3H3,(H,18,19). The lowest BCUT2D eigenvalue weighted by Gasteiger charge is -2.38. The monoisotopic (exact) mass is 341 g/mol. The first-order chi connectivity index (χ1) is 9.40. The maximum atomic E-state index is 12.0. The van der Waals surface area contributed by atoms with Crippen LogP contribution in [0.5, 0.6) is 5.75 Å². The number of carboxylic acid groups (broad SMARTS) is 1. The number of piperidine rings is 1. The van der Waals surface area contributed by atoms with Crippen molar-refractivity contribution in [1.29, 1.82) is 0 Å². The quantitative estimate of drug-likeness (QED) is 0.918. The summed E-state index contributed by atoms with van der Waals surface area (Å²) in [5.41, 5.74) is 0.964. The highest BCUT2D eigenvalue weighted by atomic mass is 79.9. The van der Waals surface area contributed by atoms with Crippen molar-refractivity contribution in [1.82, 2.24) is 4.90 Å². The van der Waals surface area contributed by atoms with Crippen molar-refractivity contribution >= 4 is 21.9 Å². The van der Waals surface area contributed by atoms with Crippen LogP contribution >= 0.6 is 15.9 Å². The number of carbonyl (C=O) groups is 1. The number of benzene rings is 1. The van der Waals surface area contributed by atoms with Gasteiger partial charge in [0.2, 0.25) is 0 Å². The Bertz CT molecular complexity index is 522. The Kier molecular flexibility index (Phi) is 4.39. The highest BCUT2D eigenvalue weighted by Gasteiger charge is 2.44. The molecule has 1 saturated heterocycles. The topological polar surface area (TPSA) is 49.8 Å². The molecule has 0 spiro atoms. The number of hydrogen-bond donors (Lipinski definition) is 1.